The molecule has 1 aromatic rings. The number of hydrogen-bond donors (Lipinski definition) is 1. The van der Waals surface area contributed by atoms with Crippen molar-refractivity contribution in [2.75, 3.05) is 12.3 Å². The zero-order chi connectivity index (χ0) is 11.0. The molecule has 2 N–H and O–H groups in total. The summed E-state index contributed by atoms with van der Waals surface area (Å²) in [5.41, 5.74) is 7.17. The van der Waals surface area contributed by atoms with Crippen molar-refractivity contribution in [1.29, 1.82) is 0 Å². The molecule has 1 aromatic carbocycles. The van der Waals surface area contributed by atoms with Crippen LogP contribution in [0.1, 0.15) is 17.2 Å². The Morgan fingerprint density at radius 2 is 2.47 bits per heavy atom. The summed E-state index contributed by atoms with van der Waals surface area (Å²) in [5, 5.41) is 0. The van der Waals surface area contributed by atoms with Gasteiger partial charge in [-0.25, -0.2) is 11.0 Å². The van der Waals surface area contributed by atoms with Gasteiger partial charge in [0.1, 0.15) is 0 Å². The highest BCUT2D eigenvalue weighted by molar-refractivity contribution is 9.10. The third-order valence-electron chi connectivity index (χ3n) is 2.40. The van der Waals surface area contributed by atoms with Crippen LogP contribution in [-0.4, -0.2) is 6.54 Å². The first-order chi connectivity index (χ1) is 7.15. The Morgan fingerprint density at radius 3 is 3.13 bits per heavy atom. The van der Waals surface area contributed by atoms with Gasteiger partial charge in [-0.1, -0.05) is 0 Å². The lowest BCUT2D eigenvalue weighted by molar-refractivity contribution is 0.0773. The largest absolute Gasteiger partial charge is 0.396 e. The van der Waals surface area contributed by atoms with Crippen LogP contribution in [0, 0.1) is 12.4 Å². The Morgan fingerprint density at radius 1 is 1.73 bits per heavy atom. The Balaban J connectivity index is 2.52. The lowest BCUT2D eigenvalue weighted by atomic mass is 10.0. The fourth-order valence-corrected chi connectivity index (χ4v) is 2.22. The van der Waals surface area contributed by atoms with Gasteiger partial charge in [-0.3, -0.25) is 0 Å². The van der Waals surface area contributed by atoms with E-state index in [0.717, 1.165) is 11.1 Å². The van der Waals surface area contributed by atoms with E-state index >= 15 is 0 Å². The Labute approximate surface area is 95.0 Å². The summed E-state index contributed by atoms with van der Waals surface area (Å²) in [4.78, 5) is 3.27. The summed E-state index contributed by atoms with van der Waals surface area (Å²) in [6.45, 7) is 7.35. The highest BCUT2D eigenvalue weighted by atomic mass is 79.9. The summed E-state index contributed by atoms with van der Waals surface area (Å²) in [6, 6.07) is 1.55. The number of rotatable bonds is 1. The molecule has 1 heterocycles. The number of fused-ring (bicyclic) bond motifs is 1. The lowest BCUT2D eigenvalue weighted by Crippen LogP contribution is -2.01. The molecular weight excluding hydrogens is 263 g/mol. The SMILES string of the molecule is [C-]#[N+]CC1OCc2c1cc(N)c(F)c2Br. The molecule has 2 rings (SSSR count). The van der Waals surface area contributed by atoms with Gasteiger partial charge >= 0.3 is 0 Å². The molecule has 0 aliphatic carbocycles. The first kappa shape index (κ1) is 10.4. The van der Waals surface area contributed by atoms with Crippen molar-refractivity contribution < 1.29 is 9.13 Å². The molecule has 1 aliphatic heterocycles. The molecule has 1 aliphatic rings. The summed E-state index contributed by atoms with van der Waals surface area (Å²) >= 11 is 3.15. The molecule has 0 saturated heterocycles. The predicted octanol–water partition coefficient (Wildman–Crippen LogP) is 2.66. The van der Waals surface area contributed by atoms with Crippen LogP contribution in [0.4, 0.5) is 10.1 Å². The van der Waals surface area contributed by atoms with E-state index in [-0.39, 0.29) is 18.3 Å². The number of halogens is 2. The monoisotopic (exact) mass is 270 g/mol. The molecule has 0 spiro atoms. The van der Waals surface area contributed by atoms with Crippen molar-refractivity contribution in [3.8, 4) is 0 Å². The van der Waals surface area contributed by atoms with Crippen LogP contribution < -0.4 is 5.73 Å². The number of ether oxygens (including phenoxy) is 1. The standard InChI is InChI=1S/C10H8BrFN2O/c1-14-3-8-5-2-7(13)10(12)9(11)6(5)4-15-8/h2,8H,3-4,13H2. The second-order valence-electron chi connectivity index (χ2n) is 3.30. The first-order valence-corrected chi connectivity index (χ1v) is 5.15. The number of benzene rings is 1. The van der Waals surface area contributed by atoms with E-state index in [9.17, 15) is 4.39 Å². The number of nitrogens with zero attached hydrogens (tertiary/aromatic N) is 1. The molecular formula is C10H8BrFN2O. The third kappa shape index (κ3) is 1.60. The van der Waals surface area contributed by atoms with Gasteiger partial charge in [0.05, 0.1) is 16.8 Å². The van der Waals surface area contributed by atoms with Gasteiger partial charge < -0.3 is 15.3 Å². The number of nitrogens with two attached hydrogens (primary N) is 1. The van der Waals surface area contributed by atoms with E-state index in [1.807, 2.05) is 0 Å². The van der Waals surface area contributed by atoms with Crippen molar-refractivity contribution in [2.24, 2.45) is 0 Å². The van der Waals surface area contributed by atoms with Gasteiger partial charge in [-0.05, 0) is 27.6 Å². The molecule has 0 amide bonds. The van der Waals surface area contributed by atoms with Crippen molar-refractivity contribution in [2.45, 2.75) is 12.7 Å². The van der Waals surface area contributed by atoms with E-state index < -0.39 is 5.82 Å². The molecule has 15 heavy (non-hydrogen) atoms. The van der Waals surface area contributed by atoms with Gasteiger partial charge in [0.2, 0.25) is 6.54 Å². The van der Waals surface area contributed by atoms with E-state index in [1.54, 1.807) is 6.07 Å². The minimum absolute atomic E-state index is 0.0844. The van der Waals surface area contributed by atoms with Crippen LogP contribution in [0.15, 0.2) is 10.5 Å². The van der Waals surface area contributed by atoms with Gasteiger partial charge in [-0.2, -0.15) is 0 Å². The van der Waals surface area contributed by atoms with Crippen LogP contribution in [0.25, 0.3) is 4.85 Å². The maximum atomic E-state index is 13.4. The molecule has 0 radical (unpaired) electrons. The third-order valence-corrected chi connectivity index (χ3v) is 3.23. The number of nitrogen functional groups attached to an aromatic ring is 1. The van der Waals surface area contributed by atoms with Crippen LogP contribution in [0.3, 0.4) is 0 Å². The van der Waals surface area contributed by atoms with Crippen LogP contribution in [0.5, 0.6) is 0 Å². The highest BCUT2D eigenvalue weighted by Crippen LogP contribution is 2.39. The maximum absolute atomic E-state index is 13.4. The minimum atomic E-state index is -0.458. The van der Waals surface area contributed by atoms with Crippen molar-refractivity contribution in [1.82, 2.24) is 0 Å². The Kier molecular flexibility index (Phi) is 2.63. The van der Waals surface area contributed by atoms with E-state index in [4.69, 9.17) is 17.0 Å². The Bertz CT molecular complexity index is 456. The summed E-state index contributed by atoms with van der Waals surface area (Å²) in [7, 11) is 0. The summed E-state index contributed by atoms with van der Waals surface area (Å²) in [5.74, 6) is -0.458. The molecule has 78 valence electrons. The maximum Gasteiger partial charge on any atom is 0.244 e. The van der Waals surface area contributed by atoms with Gasteiger partial charge in [-0.15, -0.1) is 0 Å². The van der Waals surface area contributed by atoms with E-state index in [2.05, 4.69) is 20.8 Å². The Hall–Kier alpha value is -1.12. The van der Waals surface area contributed by atoms with Gasteiger partial charge in [0.15, 0.2) is 11.9 Å². The lowest BCUT2D eigenvalue weighted by Gasteiger charge is -2.07. The second-order valence-corrected chi connectivity index (χ2v) is 4.09. The first-order valence-electron chi connectivity index (χ1n) is 4.36. The summed E-state index contributed by atoms with van der Waals surface area (Å²) < 4.78 is 19.2. The second kappa shape index (κ2) is 3.80. The van der Waals surface area contributed by atoms with Crippen LogP contribution >= 0.6 is 15.9 Å². The van der Waals surface area contributed by atoms with Gasteiger partial charge in [0.25, 0.3) is 0 Å². The topological polar surface area (TPSA) is 39.6 Å². The fourth-order valence-electron chi connectivity index (χ4n) is 1.65. The van der Waals surface area contributed by atoms with Crippen LogP contribution in [0.2, 0.25) is 0 Å². The molecule has 1 atom stereocenters. The summed E-state index contributed by atoms with van der Waals surface area (Å²) in [6.07, 6.45) is -0.281. The zero-order valence-electron chi connectivity index (χ0n) is 7.76. The number of anilines is 1. The molecule has 5 heteroatoms. The molecule has 1 unspecified atom stereocenters. The van der Waals surface area contributed by atoms with Crippen molar-refractivity contribution in [3.63, 3.8) is 0 Å². The number of hydrogen-bond acceptors (Lipinski definition) is 2. The molecule has 3 nitrogen and oxygen atoms in total. The van der Waals surface area contributed by atoms with Gasteiger partial charge in [0, 0.05) is 5.56 Å². The normalized spacial score (nSPS) is 18.6. The van der Waals surface area contributed by atoms with E-state index in [0.29, 0.717) is 11.1 Å². The molecule has 0 bridgehead atoms. The van der Waals surface area contributed by atoms with Crippen LogP contribution in [-0.2, 0) is 11.3 Å². The van der Waals surface area contributed by atoms with E-state index in [1.165, 1.54) is 0 Å². The van der Waals surface area contributed by atoms with Crippen molar-refractivity contribution in [3.05, 3.63) is 38.9 Å². The molecule has 0 saturated carbocycles. The zero-order valence-corrected chi connectivity index (χ0v) is 9.34. The fraction of sp³-hybridized carbons (Fsp3) is 0.300. The average Bonchev–Trinajstić information content (AvgIpc) is 2.59. The quantitative estimate of drug-likeness (QED) is 0.630. The molecule has 0 fully saturated rings. The molecule has 0 aromatic heterocycles. The smallest absolute Gasteiger partial charge is 0.244 e. The average molecular weight is 271 g/mol. The van der Waals surface area contributed by atoms with Crippen molar-refractivity contribution >= 4 is 21.6 Å². The highest BCUT2D eigenvalue weighted by Gasteiger charge is 2.29. The predicted molar refractivity (Wildman–Crippen MR) is 57.5 cm³/mol. The minimum Gasteiger partial charge on any atom is -0.396 e.